The fourth-order valence-electron chi connectivity index (χ4n) is 3.69. The van der Waals surface area contributed by atoms with E-state index in [-0.39, 0.29) is 35.5 Å². The van der Waals surface area contributed by atoms with Crippen molar-refractivity contribution in [1.82, 2.24) is 10.6 Å². The second-order valence-corrected chi connectivity index (χ2v) is 6.37. The van der Waals surface area contributed by atoms with Gasteiger partial charge in [0.15, 0.2) is 5.76 Å². The Kier molecular flexibility index (Phi) is 4.71. The van der Waals surface area contributed by atoms with Crippen molar-refractivity contribution in [3.05, 3.63) is 24.2 Å². The van der Waals surface area contributed by atoms with Crippen molar-refractivity contribution in [1.29, 1.82) is 0 Å². The van der Waals surface area contributed by atoms with Gasteiger partial charge in [-0.2, -0.15) is 0 Å². The number of hydrogen-bond acceptors (Lipinski definition) is 4. The molecule has 2 aliphatic carbocycles. The number of carbonyl (C=O) groups is 2. The molecule has 2 atom stereocenters. The van der Waals surface area contributed by atoms with Crippen LogP contribution in [-0.4, -0.2) is 37.1 Å². The Morgan fingerprint density at radius 2 is 2.26 bits per heavy atom. The van der Waals surface area contributed by atoms with Crippen molar-refractivity contribution in [3.8, 4) is 0 Å². The van der Waals surface area contributed by atoms with Crippen LogP contribution < -0.4 is 10.6 Å². The summed E-state index contributed by atoms with van der Waals surface area (Å²) in [5, 5.41) is 5.80. The molecule has 0 radical (unpaired) electrons. The summed E-state index contributed by atoms with van der Waals surface area (Å²) in [4.78, 5) is 23.8. The van der Waals surface area contributed by atoms with Crippen molar-refractivity contribution in [3.63, 3.8) is 0 Å². The molecule has 2 saturated carbocycles. The second-order valence-electron chi connectivity index (χ2n) is 6.37. The fraction of sp³-hybridized carbons (Fsp3) is 0.647. The maximum Gasteiger partial charge on any atom is 0.286 e. The van der Waals surface area contributed by atoms with Crippen LogP contribution in [0.5, 0.6) is 0 Å². The third-order valence-corrected chi connectivity index (χ3v) is 5.16. The molecule has 23 heavy (non-hydrogen) atoms. The van der Waals surface area contributed by atoms with Crippen LogP contribution in [0.25, 0.3) is 0 Å². The maximum absolute atomic E-state index is 12.1. The molecule has 6 nitrogen and oxygen atoms in total. The molecule has 3 rings (SSSR count). The number of nitrogens with one attached hydrogen (secondary N) is 2. The first-order valence-corrected chi connectivity index (χ1v) is 8.38. The Labute approximate surface area is 135 Å². The van der Waals surface area contributed by atoms with Gasteiger partial charge in [-0.1, -0.05) is 6.42 Å². The Morgan fingerprint density at radius 3 is 2.87 bits per heavy atom. The smallest absolute Gasteiger partial charge is 0.286 e. The van der Waals surface area contributed by atoms with Crippen LogP contribution in [0.1, 0.15) is 49.6 Å². The number of ether oxygens (including phenoxy) is 1. The van der Waals surface area contributed by atoms with Gasteiger partial charge in [0.2, 0.25) is 5.91 Å². The largest absolute Gasteiger partial charge is 0.459 e. The van der Waals surface area contributed by atoms with Crippen LogP contribution in [-0.2, 0) is 9.53 Å². The molecule has 1 spiro atoms. The summed E-state index contributed by atoms with van der Waals surface area (Å²) in [5.74, 6) is -0.0494. The Balaban J connectivity index is 1.39. The molecule has 1 aromatic heterocycles. The fourth-order valence-corrected chi connectivity index (χ4v) is 3.69. The monoisotopic (exact) mass is 320 g/mol. The molecule has 0 saturated heterocycles. The molecule has 0 aliphatic heterocycles. The predicted octanol–water partition coefficient (Wildman–Crippen LogP) is 1.86. The first-order valence-electron chi connectivity index (χ1n) is 8.38. The van der Waals surface area contributed by atoms with Crippen molar-refractivity contribution in [2.24, 2.45) is 5.41 Å². The van der Waals surface area contributed by atoms with Gasteiger partial charge >= 0.3 is 0 Å². The maximum atomic E-state index is 12.1. The molecule has 126 valence electrons. The molecule has 2 fully saturated rings. The van der Waals surface area contributed by atoms with E-state index in [1.165, 1.54) is 12.7 Å². The molecule has 2 aliphatic rings. The summed E-state index contributed by atoms with van der Waals surface area (Å²) in [6.07, 6.45) is 6.41. The number of carbonyl (C=O) groups excluding carboxylic acids is 2. The normalized spacial score (nSPS) is 24.6. The third-order valence-electron chi connectivity index (χ3n) is 5.16. The minimum absolute atomic E-state index is 0.0176. The summed E-state index contributed by atoms with van der Waals surface area (Å²) in [6, 6.07) is 3.48. The molecule has 0 aromatic carbocycles. The Hall–Kier alpha value is -1.82. The summed E-state index contributed by atoms with van der Waals surface area (Å²) < 4.78 is 10.8. The average Bonchev–Trinajstić information content (AvgIpc) is 2.98. The molecule has 6 heteroatoms. The lowest BCUT2D eigenvalue weighted by atomic mass is 9.51. The highest BCUT2D eigenvalue weighted by molar-refractivity contribution is 5.91. The highest BCUT2D eigenvalue weighted by Gasteiger charge is 2.59. The van der Waals surface area contributed by atoms with Gasteiger partial charge < -0.3 is 19.8 Å². The lowest BCUT2D eigenvalue weighted by Gasteiger charge is -2.61. The van der Waals surface area contributed by atoms with Crippen LogP contribution in [0, 0.1) is 5.41 Å². The van der Waals surface area contributed by atoms with Gasteiger partial charge in [-0.15, -0.1) is 0 Å². The lowest BCUT2D eigenvalue weighted by Crippen LogP contribution is -2.67. The van der Waals surface area contributed by atoms with Crippen molar-refractivity contribution in [2.75, 3.05) is 13.2 Å². The van der Waals surface area contributed by atoms with E-state index < -0.39 is 0 Å². The molecule has 0 unspecified atom stereocenters. The molecular weight excluding hydrogens is 296 g/mol. The molecule has 1 aromatic rings. The average molecular weight is 320 g/mol. The number of hydrogen-bond donors (Lipinski definition) is 2. The van der Waals surface area contributed by atoms with Gasteiger partial charge in [0.25, 0.3) is 5.91 Å². The van der Waals surface area contributed by atoms with Crippen LogP contribution in [0.2, 0.25) is 0 Å². The van der Waals surface area contributed by atoms with Crippen molar-refractivity contribution in [2.45, 2.75) is 51.2 Å². The van der Waals surface area contributed by atoms with Gasteiger partial charge in [0, 0.05) is 31.0 Å². The number of rotatable bonds is 7. The van der Waals surface area contributed by atoms with E-state index in [2.05, 4.69) is 10.6 Å². The zero-order chi connectivity index (χ0) is 16.3. The Bertz CT molecular complexity index is 551. The van der Waals surface area contributed by atoms with E-state index in [9.17, 15) is 9.59 Å². The van der Waals surface area contributed by atoms with Crippen molar-refractivity contribution >= 4 is 11.8 Å². The Morgan fingerprint density at radius 1 is 1.43 bits per heavy atom. The van der Waals surface area contributed by atoms with Crippen LogP contribution in [0.15, 0.2) is 22.8 Å². The lowest BCUT2D eigenvalue weighted by molar-refractivity contribution is -0.175. The first-order chi connectivity index (χ1) is 11.2. The minimum Gasteiger partial charge on any atom is -0.459 e. The molecule has 1 heterocycles. The molecule has 2 N–H and O–H groups in total. The number of amides is 2. The summed E-state index contributed by atoms with van der Waals surface area (Å²) in [6.45, 7) is 3.05. The van der Waals surface area contributed by atoms with Gasteiger partial charge in [0.05, 0.1) is 12.4 Å². The van der Waals surface area contributed by atoms with E-state index in [4.69, 9.17) is 9.15 Å². The third kappa shape index (κ3) is 3.13. The minimum atomic E-state index is -0.293. The van der Waals surface area contributed by atoms with Crippen LogP contribution in [0.3, 0.4) is 0 Å². The highest BCUT2D eigenvalue weighted by Crippen LogP contribution is 2.57. The predicted molar refractivity (Wildman–Crippen MR) is 83.9 cm³/mol. The van der Waals surface area contributed by atoms with E-state index in [0.717, 1.165) is 25.9 Å². The second kappa shape index (κ2) is 6.74. The topological polar surface area (TPSA) is 80.6 Å². The summed E-state index contributed by atoms with van der Waals surface area (Å²) in [7, 11) is 0. The summed E-state index contributed by atoms with van der Waals surface area (Å²) in [5.41, 5.74) is 0.170. The van der Waals surface area contributed by atoms with E-state index in [1.54, 1.807) is 12.1 Å². The quantitative estimate of drug-likeness (QED) is 0.803. The first kappa shape index (κ1) is 16.1. The van der Waals surface area contributed by atoms with E-state index in [0.29, 0.717) is 12.6 Å². The SMILES string of the molecule is CCO[C@H]1C[C@@H](NC(=O)CCNC(=O)c2ccco2)C12CCC2. The zero-order valence-corrected chi connectivity index (χ0v) is 13.5. The number of furan rings is 1. The van der Waals surface area contributed by atoms with E-state index >= 15 is 0 Å². The van der Waals surface area contributed by atoms with Gasteiger partial charge in [-0.25, -0.2) is 0 Å². The van der Waals surface area contributed by atoms with Crippen LogP contribution in [0.4, 0.5) is 0 Å². The van der Waals surface area contributed by atoms with E-state index in [1.807, 2.05) is 6.92 Å². The van der Waals surface area contributed by atoms with Gasteiger partial charge in [-0.3, -0.25) is 9.59 Å². The van der Waals surface area contributed by atoms with Crippen molar-refractivity contribution < 1.29 is 18.7 Å². The summed E-state index contributed by atoms with van der Waals surface area (Å²) >= 11 is 0. The molecule has 0 bridgehead atoms. The molecule has 2 amide bonds. The van der Waals surface area contributed by atoms with Gasteiger partial charge in [-0.05, 0) is 38.3 Å². The zero-order valence-electron chi connectivity index (χ0n) is 13.5. The molecular formula is C17H24N2O4. The standard InChI is InChI=1S/C17H24N2O4/c1-2-22-14-11-13(17(14)7-4-8-17)19-15(20)6-9-18-16(21)12-5-3-10-23-12/h3,5,10,13-14H,2,4,6-9,11H2,1H3,(H,18,21)(H,19,20)/t13-,14+/m1/s1. The van der Waals surface area contributed by atoms with Crippen LogP contribution >= 0.6 is 0 Å². The highest BCUT2D eigenvalue weighted by atomic mass is 16.5. The van der Waals surface area contributed by atoms with Gasteiger partial charge in [0.1, 0.15) is 0 Å².